The highest BCUT2D eigenvalue weighted by Crippen LogP contribution is 2.21. The minimum absolute atomic E-state index is 0.0509. The lowest BCUT2D eigenvalue weighted by molar-refractivity contribution is 0.581. The normalized spacial score (nSPS) is 13.4. The van der Waals surface area contributed by atoms with Crippen molar-refractivity contribution in [2.75, 3.05) is 23.0 Å². The Bertz CT molecular complexity index is 493. The molecule has 0 saturated carbocycles. The Morgan fingerprint density at radius 2 is 1.72 bits per heavy atom. The van der Waals surface area contributed by atoms with Gasteiger partial charge in [0.15, 0.2) is 0 Å². The molecule has 0 bridgehead atoms. The van der Waals surface area contributed by atoms with E-state index in [1.165, 1.54) is 4.31 Å². The summed E-state index contributed by atoms with van der Waals surface area (Å²) < 4.78 is 25.7. The lowest BCUT2D eigenvalue weighted by Crippen LogP contribution is -2.31. The second-order valence-corrected chi connectivity index (χ2v) is 7.20. The van der Waals surface area contributed by atoms with Crippen molar-refractivity contribution < 1.29 is 8.42 Å². The fourth-order valence-electron chi connectivity index (χ4n) is 1.81. The topological polar surface area (TPSA) is 37.4 Å². The predicted molar refractivity (Wildman–Crippen MR) is 78.0 cm³/mol. The maximum Gasteiger partial charge on any atom is 0.235 e. The molecule has 1 rings (SSSR count). The van der Waals surface area contributed by atoms with Crippen LogP contribution in [0.2, 0.25) is 0 Å². The molecule has 5 heteroatoms. The lowest BCUT2D eigenvalue weighted by atomic mass is 10.1. The highest BCUT2D eigenvalue weighted by Gasteiger charge is 2.21. The summed E-state index contributed by atoms with van der Waals surface area (Å²) in [4.78, 5) is 0. The molecule has 0 heterocycles. The van der Waals surface area contributed by atoms with Crippen molar-refractivity contribution >= 4 is 27.3 Å². The Labute approximate surface area is 115 Å². The number of rotatable bonds is 5. The van der Waals surface area contributed by atoms with E-state index in [4.69, 9.17) is 11.6 Å². The van der Waals surface area contributed by atoms with Gasteiger partial charge in [-0.15, -0.1) is 11.6 Å². The summed E-state index contributed by atoms with van der Waals surface area (Å²) in [6, 6.07) is 5.76. The van der Waals surface area contributed by atoms with Crippen LogP contribution in [0.25, 0.3) is 0 Å². The number of aryl methyl sites for hydroxylation is 2. The van der Waals surface area contributed by atoms with Crippen molar-refractivity contribution in [2.45, 2.75) is 20.8 Å². The minimum atomic E-state index is -3.31. The third-order valence-corrected chi connectivity index (χ3v) is 5.31. The van der Waals surface area contributed by atoms with E-state index in [0.717, 1.165) is 11.1 Å². The van der Waals surface area contributed by atoms with Crippen molar-refractivity contribution in [2.24, 2.45) is 5.92 Å². The van der Waals surface area contributed by atoms with Gasteiger partial charge in [0.05, 0.1) is 11.4 Å². The Morgan fingerprint density at radius 3 is 2.17 bits per heavy atom. The average Bonchev–Trinajstić information content (AvgIpc) is 2.25. The fraction of sp³-hybridized carbons (Fsp3) is 0.538. The number of nitrogens with zero attached hydrogens (tertiary/aromatic N) is 1. The van der Waals surface area contributed by atoms with E-state index in [2.05, 4.69) is 0 Å². The summed E-state index contributed by atoms with van der Waals surface area (Å²) in [5, 5.41) is 0. The maximum absolute atomic E-state index is 12.2. The van der Waals surface area contributed by atoms with Crippen LogP contribution in [0.4, 0.5) is 5.69 Å². The Hall–Kier alpha value is -0.740. The van der Waals surface area contributed by atoms with Crippen LogP contribution in [0.5, 0.6) is 0 Å². The zero-order chi connectivity index (χ0) is 13.9. The van der Waals surface area contributed by atoms with Crippen LogP contribution in [0.1, 0.15) is 18.1 Å². The molecule has 1 unspecified atom stereocenters. The molecule has 0 amide bonds. The standard InChI is InChI=1S/C13H20ClNO2S/c1-10-5-11(2)7-13(6-10)15(4)18(16,17)9-12(3)8-14/h5-7,12H,8-9H2,1-4H3. The first kappa shape index (κ1) is 15.3. The number of alkyl halides is 1. The smallest absolute Gasteiger partial charge is 0.235 e. The van der Waals surface area contributed by atoms with Gasteiger partial charge < -0.3 is 0 Å². The number of sulfonamides is 1. The highest BCUT2D eigenvalue weighted by molar-refractivity contribution is 7.92. The van der Waals surface area contributed by atoms with Crippen LogP contribution >= 0.6 is 11.6 Å². The molecule has 0 aromatic heterocycles. The van der Waals surface area contributed by atoms with Gasteiger partial charge in [0.25, 0.3) is 0 Å². The van der Waals surface area contributed by atoms with Crippen LogP contribution in [-0.4, -0.2) is 27.1 Å². The van der Waals surface area contributed by atoms with Gasteiger partial charge in [-0.05, 0) is 43.0 Å². The van der Waals surface area contributed by atoms with Crippen LogP contribution in [-0.2, 0) is 10.0 Å². The molecule has 1 aromatic rings. The molecule has 18 heavy (non-hydrogen) atoms. The zero-order valence-electron chi connectivity index (χ0n) is 11.3. The Morgan fingerprint density at radius 1 is 1.22 bits per heavy atom. The quantitative estimate of drug-likeness (QED) is 0.782. The molecule has 0 aliphatic rings. The fourth-order valence-corrected chi connectivity index (χ4v) is 3.53. The number of hydrogen-bond acceptors (Lipinski definition) is 2. The van der Waals surface area contributed by atoms with E-state index in [-0.39, 0.29) is 11.7 Å². The SMILES string of the molecule is Cc1cc(C)cc(N(C)S(=O)(=O)CC(C)CCl)c1. The Balaban J connectivity index is 3.02. The van der Waals surface area contributed by atoms with Gasteiger partial charge in [-0.3, -0.25) is 4.31 Å². The molecule has 1 aromatic carbocycles. The van der Waals surface area contributed by atoms with Crippen molar-refractivity contribution in [3.05, 3.63) is 29.3 Å². The van der Waals surface area contributed by atoms with Crippen LogP contribution < -0.4 is 4.31 Å². The molecule has 0 fully saturated rings. The molecule has 0 aliphatic carbocycles. The number of halogens is 1. The molecule has 102 valence electrons. The predicted octanol–water partition coefficient (Wildman–Crippen LogP) is 2.94. The molecule has 1 atom stereocenters. The van der Waals surface area contributed by atoms with E-state index in [1.54, 1.807) is 7.05 Å². The summed E-state index contributed by atoms with van der Waals surface area (Å²) in [7, 11) is -1.72. The number of benzene rings is 1. The van der Waals surface area contributed by atoms with E-state index in [0.29, 0.717) is 11.6 Å². The summed E-state index contributed by atoms with van der Waals surface area (Å²) in [5.41, 5.74) is 2.81. The van der Waals surface area contributed by atoms with Gasteiger partial charge in [0.1, 0.15) is 0 Å². The molecule has 0 N–H and O–H groups in total. The third-order valence-electron chi connectivity index (χ3n) is 2.75. The zero-order valence-corrected chi connectivity index (χ0v) is 12.8. The highest BCUT2D eigenvalue weighted by atomic mass is 35.5. The lowest BCUT2D eigenvalue weighted by Gasteiger charge is -2.22. The first-order chi connectivity index (χ1) is 8.26. The molecule has 0 saturated heterocycles. The van der Waals surface area contributed by atoms with Crippen LogP contribution in [0.3, 0.4) is 0 Å². The van der Waals surface area contributed by atoms with Gasteiger partial charge >= 0.3 is 0 Å². The van der Waals surface area contributed by atoms with Crippen LogP contribution in [0.15, 0.2) is 18.2 Å². The number of hydrogen-bond donors (Lipinski definition) is 0. The minimum Gasteiger partial charge on any atom is -0.273 e. The average molecular weight is 290 g/mol. The van der Waals surface area contributed by atoms with E-state index in [1.807, 2.05) is 39.0 Å². The monoisotopic (exact) mass is 289 g/mol. The van der Waals surface area contributed by atoms with Gasteiger partial charge in [0, 0.05) is 12.9 Å². The molecule has 0 radical (unpaired) electrons. The molecule has 0 aliphatic heterocycles. The first-order valence-corrected chi connectivity index (χ1v) is 8.01. The van der Waals surface area contributed by atoms with Crippen molar-refractivity contribution in [3.63, 3.8) is 0 Å². The third kappa shape index (κ3) is 3.89. The second-order valence-electron chi connectivity index (χ2n) is 4.85. The van der Waals surface area contributed by atoms with E-state index >= 15 is 0 Å². The van der Waals surface area contributed by atoms with Crippen molar-refractivity contribution in [3.8, 4) is 0 Å². The van der Waals surface area contributed by atoms with Crippen molar-refractivity contribution in [1.29, 1.82) is 0 Å². The van der Waals surface area contributed by atoms with E-state index < -0.39 is 10.0 Å². The Kier molecular flexibility index (Phi) is 5.05. The second kappa shape index (κ2) is 5.93. The van der Waals surface area contributed by atoms with E-state index in [9.17, 15) is 8.42 Å². The van der Waals surface area contributed by atoms with Gasteiger partial charge in [-0.25, -0.2) is 8.42 Å². The maximum atomic E-state index is 12.2. The summed E-state index contributed by atoms with van der Waals surface area (Å²) in [5.74, 6) is 0.366. The molecule has 0 spiro atoms. The molecular weight excluding hydrogens is 270 g/mol. The largest absolute Gasteiger partial charge is 0.273 e. The molecular formula is C13H20ClNO2S. The first-order valence-electron chi connectivity index (χ1n) is 5.87. The summed E-state index contributed by atoms with van der Waals surface area (Å²) in [6.45, 7) is 5.75. The van der Waals surface area contributed by atoms with Gasteiger partial charge in [-0.1, -0.05) is 13.0 Å². The summed E-state index contributed by atoms with van der Waals surface area (Å²) >= 11 is 5.68. The van der Waals surface area contributed by atoms with Gasteiger partial charge in [0.2, 0.25) is 10.0 Å². The summed E-state index contributed by atoms with van der Waals surface area (Å²) in [6.07, 6.45) is 0. The number of anilines is 1. The van der Waals surface area contributed by atoms with Crippen molar-refractivity contribution in [1.82, 2.24) is 0 Å². The van der Waals surface area contributed by atoms with Gasteiger partial charge in [-0.2, -0.15) is 0 Å². The molecule has 3 nitrogen and oxygen atoms in total. The van der Waals surface area contributed by atoms with Crippen LogP contribution in [0, 0.1) is 19.8 Å².